The van der Waals surface area contributed by atoms with E-state index in [1.54, 1.807) is 0 Å². The molecule has 1 atom stereocenters. The minimum Gasteiger partial charge on any atom is -0.299 e. The number of carbonyl (C=O) groups is 1. The van der Waals surface area contributed by atoms with E-state index in [0.717, 1.165) is 18.8 Å². The van der Waals surface area contributed by atoms with Crippen molar-refractivity contribution in [1.82, 2.24) is 0 Å². The van der Waals surface area contributed by atoms with Crippen molar-refractivity contribution in [2.75, 3.05) is 0 Å². The lowest BCUT2D eigenvalue weighted by Crippen LogP contribution is -2.06. The number of benzene rings is 1. The zero-order valence-electron chi connectivity index (χ0n) is 18.6. The molecule has 0 radical (unpaired) electrons. The van der Waals surface area contributed by atoms with Crippen molar-refractivity contribution >= 4 is 29.0 Å². The molecule has 26 heavy (non-hydrogen) atoms. The number of carbonyl (C=O) groups excluding carboxylic acids is 1. The van der Waals surface area contributed by atoms with E-state index in [1.165, 1.54) is 18.4 Å². The molecule has 1 aromatic rings. The van der Waals surface area contributed by atoms with Crippen LogP contribution in [0.3, 0.4) is 0 Å². The minimum atomic E-state index is 0.278. The molecule has 0 saturated carbocycles. The summed E-state index contributed by atoms with van der Waals surface area (Å²) in [6.45, 7) is 18.7. The fourth-order valence-electron chi connectivity index (χ4n) is 1.91. The highest BCUT2D eigenvalue weighted by molar-refractivity contribution is 6.42. The second-order valence-electron chi connectivity index (χ2n) is 6.41. The molecule has 3 heteroatoms. The van der Waals surface area contributed by atoms with Gasteiger partial charge in [0, 0.05) is 12.3 Å². The third-order valence-electron chi connectivity index (χ3n) is 3.77. The third kappa shape index (κ3) is 18.3. The highest BCUT2D eigenvalue weighted by Gasteiger charge is 2.05. The Morgan fingerprint density at radius 1 is 0.962 bits per heavy atom. The summed E-state index contributed by atoms with van der Waals surface area (Å²) in [6.07, 6.45) is 5.37. The van der Waals surface area contributed by atoms with E-state index < -0.39 is 0 Å². The van der Waals surface area contributed by atoms with Crippen molar-refractivity contribution < 1.29 is 4.79 Å². The van der Waals surface area contributed by atoms with Gasteiger partial charge in [-0.2, -0.15) is 0 Å². The summed E-state index contributed by atoms with van der Waals surface area (Å²) in [4.78, 5) is 10.7. The van der Waals surface area contributed by atoms with E-state index in [4.69, 9.17) is 23.2 Å². The highest BCUT2D eigenvalue weighted by Crippen LogP contribution is 2.22. The number of halogens is 2. The van der Waals surface area contributed by atoms with Gasteiger partial charge in [0.25, 0.3) is 0 Å². The molecular weight excluding hydrogens is 363 g/mol. The molecule has 1 nitrogen and oxygen atoms in total. The zero-order chi connectivity index (χ0) is 21.1. The molecule has 0 fully saturated rings. The number of Topliss-reactive ketones (excluding diaryl/α,β-unsaturated/α-hetero) is 1. The zero-order valence-corrected chi connectivity index (χ0v) is 20.1. The Hall–Kier alpha value is -0.530. The second kappa shape index (κ2) is 20.8. The molecule has 0 amide bonds. The van der Waals surface area contributed by atoms with E-state index in [9.17, 15) is 4.79 Å². The fourth-order valence-corrected chi connectivity index (χ4v) is 2.23. The van der Waals surface area contributed by atoms with Gasteiger partial charge in [0.1, 0.15) is 5.78 Å². The van der Waals surface area contributed by atoms with Crippen molar-refractivity contribution in [2.24, 2.45) is 11.8 Å². The van der Waals surface area contributed by atoms with Gasteiger partial charge in [-0.15, -0.1) is 0 Å². The first-order chi connectivity index (χ1) is 12.2. The van der Waals surface area contributed by atoms with Crippen LogP contribution < -0.4 is 0 Å². The third-order valence-corrected chi connectivity index (χ3v) is 4.51. The largest absolute Gasteiger partial charge is 0.299 e. The van der Waals surface area contributed by atoms with E-state index in [-0.39, 0.29) is 5.92 Å². The maximum atomic E-state index is 10.7. The summed E-state index contributed by atoms with van der Waals surface area (Å²) in [5, 5.41) is 1.26. The summed E-state index contributed by atoms with van der Waals surface area (Å²) in [5.41, 5.74) is 1.22. The SMILES string of the molecule is CC.CCC(=O)C(C)CC.CCCC(C)C.CCc1ccc(Cl)c(Cl)c1. The van der Waals surface area contributed by atoms with E-state index in [1.807, 2.05) is 52.8 Å². The molecule has 1 rings (SSSR count). The quantitative estimate of drug-likeness (QED) is 0.461. The fraction of sp³-hybridized carbons (Fsp3) is 0.696. The van der Waals surface area contributed by atoms with Gasteiger partial charge in [0.2, 0.25) is 0 Å². The van der Waals surface area contributed by atoms with Gasteiger partial charge < -0.3 is 0 Å². The van der Waals surface area contributed by atoms with E-state index >= 15 is 0 Å². The molecule has 0 aliphatic carbocycles. The van der Waals surface area contributed by atoms with Gasteiger partial charge in [-0.05, 0) is 36.5 Å². The summed E-state index contributed by atoms with van der Waals surface area (Å²) >= 11 is 11.5. The maximum Gasteiger partial charge on any atom is 0.135 e. The Labute approximate surface area is 173 Å². The molecule has 0 bridgehead atoms. The van der Waals surface area contributed by atoms with Crippen molar-refractivity contribution in [3.8, 4) is 0 Å². The van der Waals surface area contributed by atoms with Gasteiger partial charge in [-0.25, -0.2) is 0 Å². The molecule has 0 heterocycles. The first-order valence-corrected chi connectivity index (χ1v) is 10.9. The number of rotatable bonds is 6. The molecule has 1 aromatic carbocycles. The molecule has 0 spiro atoms. The van der Waals surface area contributed by atoms with Crippen LogP contribution in [0.25, 0.3) is 0 Å². The van der Waals surface area contributed by atoms with Crippen molar-refractivity contribution in [2.45, 2.75) is 94.4 Å². The maximum absolute atomic E-state index is 10.7. The number of ketones is 1. The Morgan fingerprint density at radius 2 is 1.50 bits per heavy atom. The minimum absolute atomic E-state index is 0.278. The van der Waals surface area contributed by atoms with Crippen molar-refractivity contribution in [1.29, 1.82) is 0 Å². The molecular formula is C23H42Cl2O. The van der Waals surface area contributed by atoms with Gasteiger partial charge >= 0.3 is 0 Å². The van der Waals surface area contributed by atoms with Crippen LogP contribution in [0.1, 0.15) is 93.6 Å². The summed E-state index contributed by atoms with van der Waals surface area (Å²) in [6, 6.07) is 5.70. The number of hydrogen-bond donors (Lipinski definition) is 0. The molecule has 0 aliphatic rings. The van der Waals surface area contributed by atoms with Crippen LogP contribution in [0.2, 0.25) is 10.0 Å². The van der Waals surface area contributed by atoms with Gasteiger partial charge in [-0.1, -0.05) is 104 Å². The van der Waals surface area contributed by atoms with Crippen LogP contribution in [0.4, 0.5) is 0 Å². The topological polar surface area (TPSA) is 17.1 Å². The van der Waals surface area contributed by atoms with Crippen LogP contribution in [0.15, 0.2) is 18.2 Å². The van der Waals surface area contributed by atoms with Gasteiger partial charge in [0.15, 0.2) is 0 Å². The van der Waals surface area contributed by atoms with Gasteiger partial charge in [-0.3, -0.25) is 4.79 Å². The molecule has 0 aromatic heterocycles. The number of aryl methyl sites for hydroxylation is 1. The molecule has 0 saturated heterocycles. The predicted molar refractivity (Wildman–Crippen MR) is 122 cm³/mol. The highest BCUT2D eigenvalue weighted by atomic mass is 35.5. The lowest BCUT2D eigenvalue weighted by Gasteiger charge is -2.02. The van der Waals surface area contributed by atoms with E-state index in [2.05, 4.69) is 27.7 Å². The Bertz CT molecular complexity index is 442. The predicted octanol–water partition coefficient (Wildman–Crippen LogP) is 9.04. The molecule has 0 aliphatic heterocycles. The summed E-state index contributed by atoms with van der Waals surface area (Å²) in [7, 11) is 0. The van der Waals surface area contributed by atoms with E-state index in [0.29, 0.717) is 22.2 Å². The van der Waals surface area contributed by atoms with Crippen LogP contribution in [0.5, 0.6) is 0 Å². The Morgan fingerprint density at radius 3 is 1.73 bits per heavy atom. The average Bonchev–Trinajstić information content (AvgIpc) is 2.65. The van der Waals surface area contributed by atoms with Crippen molar-refractivity contribution in [3.05, 3.63) is 33.8 Å². The van der Waals surface area contributed by atoms with Gasteiger partial charge in [0.05, 0.1) is 10.0 Å². The van der Waals surface area contributed by atoms with Crippen molar-refractivity contribution in [3.63, 3.8) is 0 Å². The standard InChI is InChI=1S/C8H8Cl2.C7H14O.C6H14.C2H6/c1-2-6-3-4-7(9)8(10)5-6;1-4-6(3)7(8)5-2;1-4-5-6(2)3;1-2/h3-5H,2H2,1H3;6H,4-5H2,1-3H3;6H,4-5H2,1-3H3;1-2H3. The summed E-state index contributed by atoms with van der Waals surface area (Å²) in [5.74, 6) is 1.56. The molecule has 0 N–H and O–H groups in total. The first-order valence-electron chi connectivity index (χ1n) is 10.2. The second-order valence-corrected chi connectivity index (χ2v) is 7.23. The number of hydrogen-bond acceptors (Lipinski definition) is 1. The summed E-state index contributed by atoms with van der Waals surface area (Å²) < 4.78 is 0. The monoisotopic (exact) mass is 404 g/mol. The van der Waals surface area contributed by atoms with Crippen LogP contribution in [-0.2, 0) is 11.2 Å². The molecule has 1 unspecified atom stereocenters. The van der Waals surface area contributed by atoms with Crippen LogP contribution in [0, 0.1) is 11.8 Å². The first kappa shape index (κ1) is 30.2. The Kier molecular flexibility index (Phi) is 24.1. The lowest BCUT2D eigenvalue weighted by atomic mass is 10.0. The smallest absolute Gasteiger partial charge is 0.135 e. The average molecular weight is 405 g/mol. The molecule has 154 valence electrons. The lowest BCUT2D eigenvalue weighted by molar-refractivity contribution is -0.122. The Balaban J connectivity index is -0.000000300. The van der Waals surface area contributed by atoms with Crippen LogP contribution in [-0.4, -0.2) is 5.78 Å². The normalized spacial score (nSPS) is 10.5. The van der Waals surface area contributed by atoms with Crippen LogP contribution >= 0.6 is 23.2 Å².